The van der Waals surface area contributed by atoms with Crippen molar-refractivity contribution in [3.63, 3.8) is 0 Å². The zero-order chi connectivity index (χ0) is 8.55. The first-order valence-electron chi connectivity index (χ1n) is 5.45. The van der Waals surface area contributed by atoms with E-state index >= 15 is 0 Å². The van der Waals surface area contributed by atoms with Crippen molar-refractivity contribution in [1.29, 1.82) is 0 Å². The molecule has 3 atom stereocenters. The van der Waals surface area contributed by atoms with E-state index in [2.05, 4.69) is 6.92 Å². The van der Waals surface area contributed by atoms with Crippen LogP contribution < -0.4 is 0 Å². The summed E-state index contributed by atoms with van der Waals surface area (Å²) in [4.78, 5) is 0. The number of thiol groups is 1. The second-order valence-electron chi connectivity index (χ2n) is 4.84. The molecule has 2 aliphatic rings. The summed E-state index contributed by atoms with van der Waals surface area (Å²) >= 11 is 4.74. The maximum atomic E-state index is 4.74. The Morgan fingerprint density at radius 1 is 1.08 bits per heavy atom. The van der Waals surface area contributed by atoms with E-state index in [0.717, 1.165) is 23.0 Å². The summed E-state index contributed by atoms with van der Waals surface area (Å²) in [6.07, 6.45) is 8.76. The maximum absolute atomic E-state index is 4.74. The first-order valence-corrected chi connectivity index (χ1v) is 5.97. The zero-order valence-electron chi connectivity index (χ0n) is 8.00. The minimum Gasteiger partial charge on any atom is -0.176 e. The van der Waals surface area contributed by atoms with Crippen LogP contribution >= 0.6 is 12.6 Å². The molecule has 0 N–H and O–H groups in total. The van der Waals surface area contributed by atoms with Gasteiger partial charge in [0, 0.05) is 5.25 Å². The van der Waals surface area contributed by atoms with Gasteiger partial charge in [-0.15, -0.1) is 0 Å². The van der Waals surface area contributed by atoms with Crippen molar-refractivity contribution < 1.29 is 0 Å². The Hall–Kier alpha value is 0.350. The van der Waals surface area contributed by atoms with Gasteiger partial charge in [0.1, 0.15) is 0 Å². The predicted molar refractivity (Wildman–Crippen MR) is 56.6 cm³/mol. The third-order valence-corrected chi connectivity index (χ3v) is 4.48. The summed E-state index contributed by atoms with van der Waals surface area (Å²) in [6.45, 7) is 2.38. The average Bonchev–Trinajstić information content (AvgIpc) is 1.91. The van der Waals surface area contributed by atoms with Gasteiger partial charge in [0.25, 0.3) is 0 Å². The van der Waals surface area contributed by atoms with Gasteiger partial charge in [0.05, 0.1) is 0 Å². The van der Waals surface area contributed by atoms with Gasteiger partial charge in [0.2, 0.25) is 0 Å². The molecule has 0 radical (unpaired) electrons. The Morgan fingerprint density at radius 2 is 1.83 bits per heavy atom. The van der Waals surface area contributed by atoms with Crippen LogP contribution in [0.15, 0.2) is 0 Å². The minimum absolute atomic E-state index is 0.721. The molecule has 0 heterocycles. The fraction of sp³-hybridized carbons (Fsp3) is 1.00. The van der Waals surface area contributed by atoms with Crippen LogP contribution in [0.1, 0.15) is 45.4 Å². The molecule has 2 rings (SSSR count). The predicted octanol–water partition coefficient (Wildman–Crippen LogP) is 3.52. The highest BCUT2D eigenvalue weighted by Crippen LogP contribution is 2.44. The summed E-state index contributed by atoms with van der Waals surface area (Å²) in [7, 11) is 0. The standard InChI is InChI=1S/C11H20S/c1-8-5-6-10(11(12)7-8)9-3-2-4-9/h8-12H,2-7H2,1H3. The van der Waals surface area contributed by atoms with E-state index in [0.29, 0.717) is 0 Å². The summed E-state index contributed by atoms with van der Waals surface area (Å²) in [6, 6.07) is 0. The van der Waals surface area contributed by atoms with Gasteiger partial charge in [-0.1, -0.05) is 32.6 Å². The largest absolute Gasteiger partial charge is 0.176 e. The average molecular weight is 184 g/mol. The molecule has 3 unspecified atom stereocenters. The van der Waals surface area contributed by atoms with Gasteiger partial charge in [-0.2, -0.15) is 12.6 Å². The molecule has 2 saturated carbocycles. The number of hydrogen-bond acceptors (Lipinski definition) is 1. The Morgan fingerprint density at radius 3 is 2.33 bits per heavy atom. The molecular formula is C11H20S. The third kappa shape index (κ3) is 1.66. The van der Waals surface area contributed by atoms with Crippen LogP contribution in [0.5, 0.6) is 0 Å². The van der Waals surface area contributed by atoms with Crippen molar-refractivity contribution in [1.82, 2.24) is 0 Å². The van der Waals surface area contributed by atoms with E-state index < -0.39 is 0 Å². The van der Waals surface area contributed by atoms with E-state index in [4.69, 9.17) is 12.6 Å². The molecule has 0 bridgehead atoms. The smallest absolute Gasteiger partial charge is 0.00502 e. The van der Waals surface area contributed by atoms with Crippen molar-refractivity contribution in [2.45, 2.75) is 50.7 Å². The van der Waals surface area contributed by atoms with Crippen molar-refractivity contribution in [3.8, 4) is 0 Å². The molecule has 0 aromatic rings. The SMILES string of the molecule is CC1CCC(C2CCC2)C(S)C1. The number of hydrogen-bond donors (Lipinski definition) is 1. The van der Waals surface area contributed by atoms with Gasteiger partial charge in [-0.3, -0.25) is 0 Å². The van der Waals surface area contributed by atoms with Gasteiger partial charge in [0.15, 0.2) is 0 Å². The molecule has 70 valence electrons. The molecule has 2 aliphatic carbocycles. The molecule has 1 heteroatoms. The Balaban J connectivity index is 1.88. The van der Waals surface area contributed by atoms with Crippen LogP contribution in [0, 0.1) is 17.8 Å². The van der Waals surface area contributed by atoms with Gasteiger partial charge in [-0.25, -0.2) is 0 Å². The molecule has 0 spiro atoms. The second kappa shape index (κ2) is 3.61. The molecule has 0 aromatic heterocycles. The van der Waals surface area contributed by atoms with E-state index in [9.17, 15) is 0 Å². The zero-order valence-corrected chi connectivity index (χ0v) is 8.89. The Labute approximate surface area is 81.5 Å². The molecule has 2 fully saturated rings. The highest BCUT2D eigenvalue weighted by atomic mass is 32.1. The van der Waals surface area contributed by atoms with Crippen LogP contribution in [0.25, 0.3) is 0 Å². The summed E-state index contributed by atoms with van der Waals surface area (Å²) in [5.41, 5.74) is 0. The van der Waals surface area contributed by atoms with Crippen molar-refractivity contribution in [3.05, 3.63) is 0 Å². The van der Waals surface area contributed by atoms with Crippen LogP contribution in [-0.4, -0.2) is 5.25 Å². The molecule has 0 aliphatic heterocycles. The fourth-order valence-corrected chi connectivity index (χ4v) is 3.54. The lowest BCUT2D eigenvalue weighted by molar-refractivity contribution is 0.150. The quantitative estimate of drug-likeness (QED) is 0.592. The first kappa shape index (κ1) is 8.93. The lowest BCUT2D eigenvalue weighted by Crippen LogP contribution is -2.33. The molecule has 0 saturated heterocycles. The molecule has 0 amide bonds. The fourth-order valence-electron chi connectivity index (χ4n) is 2.79. The maximum Gasteiger partial charge on any atom is 0.00502 e. The van der Waals surface area contributed by atoms with Crippen molar-refractivity contribution in [2.24, 2.45) is 17.8 Å². The molecule has 0 aromatic carbocycles. The minimum atomic E-state index is 0.721. The van der Waals surface area contributed by atoms with Gasteiger partial charge < -0.3 is 0 Å². The topological polar surface area (TPSA) is 0 Å². The highest BCUT2D eigenvalue weighted by Gasteiger charge is 2.34. The highest BCUT2D eigenvalue weighted by molar-refractivity contribution is 7.81. The normalized spacial score (nSPS) is 44.0. The Kier molecular flexibility index (Phi) is 2.69. The number of rotatable bonds is 1. The second-order valence-corrected chi connectivity index (χ2v) is 5.50. The van der Waals surface area contributed by atoms with E-state index in [1.807, 2.05) is 0 Å². The molecular weight excluding hydrogens is 164 g/mol. The lowest BCUT2D eigenvalue weighted by Gasteiger charge is -2.41. The molecule has 12 heavy (non-hydrogen) atoms. The van der Waals surface area contributed by atoms with Crippen LogP contribution in [0.2, 0.25) is 0 Å². The van der Waals surface area contributed by atoms with Crippen LogP contribution in [-0.2, 0) is 0 Å². The van der Waals surface area contributed by atoms with E-state index in [-0.39, 0.29) is 0 Å². The van der Waals surface area contributed by atoms with Crippen LogP contribution in [0.4, 0.5) is 0 Å². The molecule has 0 nitrogen and oxygen atoms in total. The van der Waals surface area contributed by atoms with Gasteiger partial charge >= 0.3 is 0 Å². The summed E-state index contributed by atoms with van der Waals surface area (Å²) in [5, 5.41) is 0.721. The third-order valence-electron chi connectivity index (χ3n) is 3.89. The Bertz CT molecular complexity index is 151. The van der Waals surface area contributed by atoms with E-state index in [1.54, 1.807) is 0 Å². The lowest BCUT2D eigenvalue weighted by atomic mass is 9.68. The summed E-state index contributed by atoms with van der Waals surface area (Å²) < 4.78 is 0. The van der Waals surface area contributed by atoms with Crippen molar-refractivity contribution >= 4 is 12.6 Å². The van der Waals surface area contributed by atoms with Crippen molar-refractivity contribution in [2.75, 3.05) is 0 Å². The van der Waals surface area contributed by atoms with Crippen LogP contribution in [0.3, 0.4) is 0 Å². The first-order chi connectivity index (χ1) is 5.77. The van der Waals surface area contributed by atoms with Gasteiger partial charge in [-0.05, 0) is 30.6 Å². The van der Waals surface area contributed by atoms with E-state index in [1.165, 1.54) is 38.5 Å². The summed E-state index contributed by atoms with van der Waals surface area (Å²) in [5.74, 6) is 2.96. The monoisotopic (exact) mass is 184 g/mol.